The molecule has 1 atom stereocenters. The number of nitrogens with zero attached hydrogens (tertiary/aromatic N) is 2. The molecule has 3 aromatic rings. The van der Waals surface area contributed by atoms with E-state index in [9.17, 15) is 14.0 Å². The van der Waals surface area contributed by atoms with Gasteiger partial charge in [0.25, 0.3) is 5.91 Å². The molecular formula is C23H20FN3O4S. The fraction of sp³-hybridized carbons (Fsp3) is 0.174. The van der Waals surface area contributed by atoms with Gasteiger partial charge < -0.3 is 19.4 Å². The third-order valence-corrected chi connectivity index (χ3v) is 5.48. The SMILES string of the molecule is COc1ccc(NC(=O)C[C@@H]2C(=O)N(c3ccc(F)cc3)C(=S)N2Cc2ccco2)cc1. The molecule has 4 rings (SSSR count). The molecule has 0 bridgehead atoms. The summed E-state index contributed by atoms with van der Waals surface area (Å²) in [6.45, 7) is 0.218. The van der Waals surface area contributed by atoms with E-state index in [2.05, 4.69) is 5.32 Å². The molecule has 1 aliphatic heterocycles. The maximum absolute atomic E-state index is 13.4. The maximum atomic E-state index is 13.4. The van der Waals surface area contributed by atoms with Gasteiger partial charge in [0.2, 0.25) is 5.91 Å². The van der Waals surface area contributed by atoms with Gasteiger partial charge in [0.05, 0.1) is 32.0 Å². The van der Waals surface area contributed by atoms with Crippen LogP contribution >= 0.6 is 12.2 Å². The van der Waals surface area contributed by atoms with E-state index in [0.717, 1.165) is 0 Å². The Kier molecular flexibility index (Phi) is 6.18. The van der Waals surface area contributed by atoms with E-state index in [4.69, 9.17) is 21.4 Å². The van der Waals surface area contributed by atoms with Gasteiger partial charge >= 0.3 is 0 Å². The van der Waals surface area contributed by atoms with Crippen LogP contribution < -0.4 is 15.0 Å². The third kappa shape index (κ3) is 4.47. The van der Waals surface area contributed by atoms with Crippen LogP contribution in [0.1, 0.15) is 12.2 Å². The molecule has 1 aromatic heterocycles. The second-order valence-corrected chi connectivity index (χ2v) is 7.50. The van der Waals surface area contributed by atoms with Crippen molar-refractivity contribution in [2.45, 2.75) is 19.0 Å². The van der Waals surface area contributed by atoms with Crippen LogP contribution in [0.25, 0.3) is 0 Å². The molecule has 9 heteroatoms. The highest BCUT2D eigenvalue weighted by molar-refractivity contribution is 7.80. The highest BCUT2D eigenvalue weighted by atomic mass is 32.1. The Morgan fingerprint density at radius 3 is 2.50 bits per heavy atom. The number of furan rings is 1. The summed E-state index contributed by atoms with van der Waals surface area (Å²) in [6, 6.07) is 15.0. The van der Waals surface area contributed by atoms with Crippen LogP contribution in [0.4, 0.5) is 15.8 Å². The van der Waals surface area contributed by atoms with Crippen LogP contribution in [0.15, 0.2) is 71.3 Å². The fourth-order valence-electron chi connectivity index (χ4n) is 3.47. The zero-order valence-electron chi connectivity index (χ0n) is 17.2. The molecule has 1 saturated heterocycles. The van der Waals surface area contributed by atoms with E-state index in [0.29, 0.717) is 22.9 Å². The molecule has 0 unspecified atom stereocenters. The van der Waals surface area contributed by atoms with E-state index in [1.54, 1.807) is 48.4 Å². The van der Waals surface area contributed by atoms with Gasteiger partial charge in [0.1, 0.15) is 23.4 Å². The average molecular weight is 453 g/mol. The van der Waals surface area contributed by atoms with Crippen LogP contribution in [-0.4, -0.2) is 35.0 Å². The second-order valence-electron chi connectivity index (χ2n) is 7.14. The molecule has 1 fully saturated rings. The number of ether oxygens (including phenoxy) is 1. The van der Waals surface area contributed by atoms with Crippen LogP contribution in [0.3, 0.4) is 0 Å². The minimum Gasteiger partial charge on any atom is -0.497 e. The summed E-state index contributed by atoms with van der Waals surface area (Å²) in [4.78, 5) is 29.0. The van der Waals surface area contributed by atoms with Gasteiger partial charge in [0, 0.05) is 5.69 Å². The summed E-state index contributed by atoms with van der Waals surface area (Å²) in [5.41, 5.74) is 1.01. The zero-order chi connectivity index (χ0) is 22.7. The Balaban J connectivity index is 1.56. The molecule has 0 aliphatic carbocycles. The van der Waals surface area contributed by atoms with E-state index >= 15 is 0 Å². The molecule has 0 radical (unpaired) electrons. The highest BCUT2D eigenvalue weighted by Crippen LogP contribution is 2.29. The quantitative estimate of drug-likeness (QED) is 0.546. The number of thiocarbonyl (C=S) groups is 1. The number of hydrogen-bond donors (Lipinski definition) is 1. The first-order valence-electron chi connectivity index (χ1n) is 9.82. The molecule has 2 amide bonds. The van der Waals surface area contributed by atoms with Gasteiger partial charge in [-0.3, -0.25) is 14.5 Å². The van der Waals surface area contributed by atoms with Crippen LogP contribution in [-0.2, 0) is 16.1 Å². The number of carbonyl (C=O) groups is 2. The number of halogens is 1. The summed E-state index contributed by atoms with van der Waals surface area (Å²) >= 11 is 5.56. The van der Waals surface area contributed by atoms with Gasteiger partial charge in [-0.05, 0) is 72.9 Å². The number of anilines is 2. The van der Waals surface area contributed by atoms with E-state index in [1.165, 1.54) is 35.4 Å². The minimum atomic E-state index is -0.837. The first-order chi connectivity index (χ1) is 15.5. The lowest BCUT2D eigenvalue weighted by atomic mass is 10.1. The van der Waals surface area contributed by atoms with Crippen LogP contribution in [0.2, 0.25) is 0 Å². The number of benzene rings is 2. The number of nitrogens with one attached hydrogen (secondary N) is 1. The second kappa shape index (κ2) is 9.19. The molecular weight excluding hydrogens is 433 g/mol. The smallest absolute Gasteiger partial charge is 0.256 e. The monoisotopic (exact) mass is 453 g/mol. The Hall–Kier alpha value is -3.72. The molecule has 32 heavy (non-hydrogen) atoms. The predicted octanol–water partition coefficient (Wildman–Crippen LogP) is 3.96. The van der Waals surface area contributed by atoms with Gasteiger partial charge in [-0.25, -0.2) is 4.39 Å². The van der Waals surface area contributed by atoms with Crippen molar-refractivity contribution in [3.05, 3.63) is 78.5 Å². The standard InChI is InChI=1S/C23H20FN3O4S/c1-30-18-10-6-16(7-11-18)25-21(28)13-20-22(29)27(17-8-4-15(24)5-9-17)23(32)26(20)14-19-3-2-12-31-19/h2-12,20H,13-14H2,1H3,(H,25,28)/t20-/m1/s1. The van der Waals surface area contributed by atoms with Crippen molar-refractivity contribution in [2.24, 2.45) is 0 Å². The fourth-order valence-corrected chi connectivity index (χ4v) is 3.86. The van der Waals surface area contributed by atoms with Crippen molar-refractivity contribution in [3.63, 3.8) is 0 Å². The lowest BCUT2D eigenvalue weighted by molar-refractivity contribution is -0.124. The van der Waals surface area contributed by atoms with Crippen molar-refractivity contribution in [1.29, 1.82) is 0 Å². The van der Waals surface area contributed by atoms with Crippen LogP contribution in [0.5, 0.6) is 5.75 Å². The van der Waals surface area contributed by atoms with Crippen molar-refractivity contribution in [2.75, 3.05) is 17.3 Å². The van der Waals surface area contributed by atoms with Gasteiger partial charge in [-0.1, -0.05) is 0 Å². The normalized spacial score (nSPS) is 15.9. The molecule has 164 valence electrons. The largest absolute Gasteiger partial charge is 0.497 e. The van der Waals surface area contributed by atoms with E-state index < -0.39 is 11.9 Å². The molecule has 7 nitrogen and oxygen atoms in total. The van der Waals surface area contributed by atoms with Crippen molar-refractivity contribution >= 4 is 40.5 Å². The Bertz CT molecular complexity index is 1120. The van der Waals surface area contributed by atoms with Gasteiger partial charge in [-0.15, -0.1) is 0 Å². The van der Waals surface area contributed by atoms with Crippen LogP contribution in [0, 0.1) is 5.82 Å². The molecule has 2 aromatic carbocycles. The Labute approximate surface area is 189 Å². The zero-order valence-corrected chi connectivity index (χ0v) is 18.0. The van der Waals surface area contributed by atoms with E-state index in [-0.39, 0.29) is 29.9 Å². The third-order valence-electron chi connectivity index (χ3n) is 5.06. The molecule has 0 saturated carbocycles. The number of hydrogen-bond acceptors (Lipinski definition) is 5. The molecule has 2 heterocycles. The van der Waals surface area contributed by atoms with Crippen molar-refractivity contribution in [1.82, 2.24) is 4.90 Å². The minimum absolute atomic E-state index is 0.122. The summed E-state index contributed by atoms with van der Waals surface area (Å²) in [5, 5.41) is 3.01. The molecule has 1 aliphatic rings. The van der Waals surface area contributed by atoms with Crippen molar-refractivity contribution < 1.29 is 23.1 Å². The first kappa shape index (κ1) is 21.5. The topological polar surface area (TPSA) is 75.0 Å². The van der Waals surface area contributed by atoms with Crippen molar-refractivity contribution in [3.8, 4) is 5.75 Å². The van der Waals surface area contributed by atoms with Gasteiger partial charge in [0.15, 0.2) is 5.11 Å². The lowest BCUT2D eigenvalue weighted by Gasteiger charge is -2.22. The lowest BCUT2D eigenvalue weighted by Crippen LogP contribution is -2.37. The number of rotatable bonds is 7. The summed E-state index contributed by atoms with van der Waals surface area (Å²) in [6.07, 6.45) is 1.41. The predicted molar refractivity (Wildman–Crippen MR) is 121 cm³/mol. The summed E-state index contributed by atoms with van der Waals surface area (Å²) < 4.78 is 23.9. The number of methoxy groups -OCH3 is 1. The summed E-state index contributed by atoms with van der Waals surface area (Å²) in [5.74, 6) is 0.134. The number of amides is 2. The molecule has 1 N–H and O–H groups in total. The van der Waals surface area contributed by atoms with Gasteiger partial charge in [-0.2, -0.15) is 0 Å². The number of carbonyl (C=O) groups excluding carboxylic acids is 2. The maximum Gasteiger partial charge on any atom is 0.256 e. The highest BCUT2D eigenvalue weighted by Gasteiger charge is 2.44. The first-order valence-corrected chi connectivity index (χ1v) is 10.2. The Morgan fingerprint density at radius 2 is 1.88 bits per heavy atom. The van der Waals surface area contributed by atoms with E-state index in [1.807, 2.05) is 0 Å². The molecule has 0 spiro atoms. The summed E-state index contributed by atoms with van der Waals surface area (Å²) in [7, 11) is 1.56. The average Bonchev–Trinajstić information content (AvgIpc) is 3.38. The Morgan fingerprint density at radius 1 is 1.16 bits per heavy atom.